The van der Waals surface area contributed by atoms with E-state index >= 15 is 0 Å². The Hall–Kier alpha value is -0.0800. The third-order valence-electron chi connectivity index (χ3n) is 3.82. The van der Waals surface area contributed by atoms with E-state index in [4.69, 9.17) is 4.74 Å². The third-order valence-corrected chi connectivity index (χ3v) is 3.82. The van der Waals surface area contributed by atoms with Gasteiger partial charge in [-0.25, -0.2) is 0 Å². The molecule has 0 aromatic carbocycles. The normalized spacial score (nSPS) is 34.2. The minimum Gasteiger partial charge on any atom is -0.377 e. The molecule has 2 atom stereocenters. The maximum atomic E-state index is 5.95. The zero-order valence-electron chi connectivity index (χ0n) is 10.5. The SMILES string of the molecule is CC(C)COC1CC(NC2CC2)C1(C)C. The first-order chi connectivity index (χ1) is 7.00. The van der Waals surface area contributed by atoms with Gasteiger partial charge in [-0.15, -0.1) is 0 Å². The molecule has 0 bridgehead atoms. The van der Waals surface area contributed by atoms with Crippen molar-refractivity contribution in [2.75, 3.05) is 6.61 Å². The van der Waals surface area contributed by atoms with Crippen LogP contribution in [-0.2, 0) is 4.74 Å². The fourth-order valence-electron chi connectivity index (χ4n) is 2.29. The fraction of sp³-hybridized carbons (Fsp3) is 1.00. The molecule has 0 amide bonds. The molecule has 0 aromatic heterocycles. The molecule has 15 heavy (non-hydrogen) atoms. The molecule has 2 unspecified atom stereocenters. The van der Waals surface area contributed by atoms with Gasteiger partial charge in [-0.3, -0.25) is 0 Å². The molecule has 0 heterocycles. The van der Waals surface area contributed by atoms with Crippen LogP contribution in [0.4, 0.5) is 0 Å². The standard InChI is InChI=1S/C13H25NO/c1-9(2)8-15-12-7-11(13(12,3)4)14-10-5-6-10/h9-12,14H,5-8H2,1-4H3. The fourth-order valence-corrected chi connectivity index (χ4v) is 2.29. The van der Waals surface area contributed by atoms with Crippen molar-refractivity contribution in [1.82, 2.24) is 5.32 Å². The van der Waals surface area contributed by atoms with Gasteiger partial charge in [-0.1, -0.05) is 27.7 Å². The topological polar surface area (TPSA) is 21.3 Å². The summed E-state index contributed by atoms with van der Waals surface area (Å²) in [6.07, 6.45) is 4.43. The van der Waals surface area contributed by atoms with E-state index in [0.717, 1.165) is 12.6 Å². The monoisotopic (exact) mass is 211 g/mol. The number of ether oxygens (including phenoxy) is 1. The second kappa shape index (κ2) is 4.06. The molecule has 2 nitrogen and oxygen atoms in total. The second-order valence-corrected chi connectivity index (χ2v) is 6.27. The maximum absolute atomic E-state index is 5.95. The molecule has 2 aliphatic rings. The summed E-state index contributed by atoms with van der Waals surface area (Å²) in [5.74, 6) is 0.649. The van der Waals surface area contributed by atoms with Crippen molar-refractivity contribution in [1.29, 1.82) is 0 Å². The Kier molecular flexibility index (Phi) is 3.09. The van der Waals surface area contributed by atoms with Crippen LogP contribution in [0.2, 0.25) is 0 Å². The molecule has 0 spiro atoms. The molecule has 2 rings (SSSR count). The van der Waals surface area contributed by atoms with Crippen molar-refractivity contribution >= 4 is 0 Å². The van der Waals surface area contributed by atoms with Crippen molar-refractivity contribution in [2.45, 2.75) is 65.1 Å². The smallest absolute Gasteiger partial charge is 0.0656 e. The van der Waals surface area contributed by atoms with E-state index in [-0.39, 0.29) is 0 Å². The zero-order chi connectivity index (χ0) is 11.1. The van der Waals surface area contributed by atoms with Crippen molar-refractivity contribution < 1.29 is 4.74 Å². The van der Waals surface area contributed by atoms with E-state index in [1.165, 1.54) is 19.3 Å². The molecule has 2 aliphatic carbocycles. The maximum Gasteiger partial charge on any atom is 0.0656 e. The lowest BCUT2D eigenvalue weighted by Crippen LogP contribution is -2.61. The van der Waals surface area contributed by atoms with Crippen LogP contribution < -0.4 is 5.32 Å². The zero-order valence-corrected chi connectivity index (χ0v) is 10.5. The molecule has 2 heteroatoms. The summed E-state index contributed by atoms with van der Waals surface area (Å²) in [7, 11) is 0. The first-order valence-corrected chi connectivity index (χ1v) is 6.38. The minimum absolute atomic E-state index is 0.331. The number of nitrogens with one attached hydrogen (secondary N) is 1. The highest BCUT2D eigenvalue weighted by Crippen LogP contribution is 2.44. The summed E-state index contributed by atoms with van der Waals surface area (Å²) < 4.78 is 5.95. The summed E-state index contributed by atoms with van der Waals surface area (Å²) in [5.41, 5.74) is 0.331. The second-order valence-electron chi connectivity index (χ2n) is 6.27. The van der Waals surface area contributed by atoms with Crippen molar-refractivity contribution in [2.24, 2.45) is 11.3 Å². The average molecular weight is 211 g/mol. The Labute approximate surface area is 93.8 Å². The van der Waals surface area contributed by atoms with Crippen LogP contribution in [0.25, 0.3) is 0 Å². The molecular weight excluding hydrogens is 186 g/mol. The van der Waals surface area contributed by atoms with Gasteiger partial charge in [0.2, 0.25) is 0 Å². The van der Waals surface area contributed by atoms with E-state index in [2.05, 4.69) is 33.0 Å². The Bertz CT molecular complexity index is 221. The lowest BCUT2D eigenvalue weighted by molar-refractivity contribution is -0.124. The van der Waals surface area contributed by atoms with Gasteiger partial charge in [0.25, 0.3) is 0 Å². The third kappa shape index (κ3) is 2.54. The highest BCUT2D eigenvalue weighted by Gasteiger charge is 2.50. The van der Waals surface area contributed by atoms with E-state index in [1.807, 2.05) is 0 Å². The number of hydrogen-bond acceptors (Lipinski definition) is 2. The molecular formula is C13H25NO. The lowest BCUT2D eigenvalue weighted by atomic mass is 9.64. The summed E-state index contributed by atoms with van der Waals surface area (Å²) in [4.78, 5) is 0. The summed E-state index contributed by atoms with van der Waals surface area (Å²) in [6, 6.07) is 1.50. The van der Waals surface area contributed by atoms with E-state index < -0.39 is 0 Å². The number of hydrogen-bond donors (Lipinski definition) is 1. The van der Waals surface area contributed by atoms with Gasteiger partial charge in [0.1, 0.15) is 0 Å². The first kappa shape index (κ1) is 11.4. The molecule has 0 saturated heterocycles. The van der Waals surface area contributed by atoms with Gasteiger partial charge >= 0.3 is 0 Å². The molecule has 0 radical (unpaired) electrons. The van der Waals surface area contributed by atoms with Crippen LogP contribution in [-0.4, -0.2) is 24.8 Å². The first-order valence-electron chi connectivity index (χ1n) is 6.38. The predicted octanol–water partition coefficient (Wildman–Crippen LogP) is 2.58. The number of rotatable bonds is 5. The Morgan fingerprint density at radius 1 is 1.33 bits per heavy atom. The molecule has 2 fully saturated rings. The van der Waals surface area contributed by atoms with Crippen LogP contribution in [0.15, 0.2) is 0 Å². The van der Waals surface area contributed by atoms with Gasteiger partial charge in [-0.05, 0) is 25.2 Å². The van der Waals surface area contributed by atoms with Crippen LogP contribution >= 0.6 is 0 Å². The highest BCUT2D eigenvalue weighted by atomic mass is 16.5. The van der Waals surface area contributed by atoms with Crippen LogP contribution in [0.1, 0.15) is 47.0 Å². The molecule has 0 aromatic rings. The molecule has 2 saturated carbocycles. The van der Waals surface area contributed by atoms with Crippen LogP contribution in [0.5, 0.6) is 0 Å². The van der Waals surface area contributed by atoms with Crippen LogP contribution in [0.3, 0.4) is 0 Å². The Morgan fingerprint density at radius 2 is 2.00 bits per heavy atom. The van der Waals surface area contributed by atoms with E-state index in [9.17, 15) is 0 Å². The lowest BCUT2D eigenvalue weighted by Gasteiger charge is -2.52. The molecule has 0 aliphatic heterocycles. The van der Waals surface area contributed by atoms with Crippen molar-refractivity contribution in [3.05, 3.63) is 0 Å². The van der Waals surface area contributed by atoms with Gasteiger partial charge in [0.05, 0.1) is 6.10 Å². The highest BCUT2D eigenvalue weighted by molar-refractivity contribution is 5.05. The van der Waals surface area contributed by atoms with Gasteiger partial charge < -0.3 is 10.1 Å². The van der Waals surface area contributed by atoms with Crippen molar-refractivity contribution in [3.63, 3.8) is 0 Å². The van der Waals surface area contributed by atoms with Gasteiger partial charge in [0, 0.05) is 24.1 Å². The Balaban J connectivity index is 1.74. The largest absolute Gasteiger partial charge is 0.377 e. The van der Waals surface area contributed by atoms with E-state index in [1.54, 1.807) is 0 Å². The van der Waals surface area contributed by atoms with Crippen molar-refractivity contribution in [3.8, 4) is 0 Å². The molecule has 1 N–H and O–H groups in total. The van der Waals surface area contributed by atoms with Crippen LogP contribution in [0, 0.1) is 11.3 Å². The van der Waals surface area contributed by atoms with Gasteiger partial charge in [0.15, 0.2) is 0 Å². The quantitative estimate of drug-likeness (QED) is 0.754. The summed E-state index contributed by atoms with van der Waals surface area (Å²) >= 11 is 0. The summed E-state index contributed by atoms with van der Waals surface area (Å²) in [5, 5.41) is 3.72. The van der Waals surface area contributed by atoms with E-state index in [0.29, 0.717) is 23.5 Å². The van der Waals surface area contributed by atoms with Gasteiger partial charge in [-0.2, -0.15) is 0 Å². The predicted molar refractivity (Wildman–Crippen MR) is 62.9 cm³/mol. The Morgan fingerprint density at radius 3 is 2.47 bits per heavy atom. The minimum atomic E-state index is 0.331. The molecule has 88 valence electrons. The average Bonchev–Trinajstić information content (AvgIpc) is 2.93. The summed E-state index contributed by atoms with van der Waals surface area (Å²) in [6.45, 7) is 10.0.